The van der Waals surface area contributed by atoms with Gasteiger partial charge in [0.05, 0.1) is 5.60 Å². The van der Waals surface area contributed by atoms with Crippen molar-refractivity contribution >= 4 is 5.91 Å². The molecule has 0 saturated heterocycles. The van der Waals surface area contributed by atoms with Crippen LogP contribution in [0.2, 0.25) is 0 Å². The first-order valence-corrected chi connectivity index (χ1v) is 6.39. The predicted molar refractivity (Wildman–Crippen MR) is 67.2 cm³/mol. The Morgan fingerprint density at radius 3 is 2.12 bits per heavy atom. The van der Waals surface area contributed by atoms with Gasteiger partial charge in [0.2, 0.25) is 5.91 Å². The summed E-state index contributed by atoms with van der Waals surface area (Å²) in [6, 6.07) is 0. The van der Waals surface area contributed by atoms with Gasteiger partial charge < -0.3 is 10.4 Å². The zero-order valence-electron chi connectivity index (χ0n) is 11.3. The molecule has 0 rings (SSSR count). The molecule has 96 valence electrons. The summed E-state index contributed by atoms with van der Waals surface area (Å²) < 4.78 is 0. The molecule has 0 aliphatic rings. The molecule has 0 aromatic rings. The Bertz CT molecular complexity index is 210. The van der Waals surface area contributed by atoms with Gasteiger partial charge >= 0.3 is 0 Å². The molecule has 2 atom stereocenters. The van der Waals surface area contributed by atoms with E-state index in [4.69, 9.17) is 0 Å². The lowest BCUT2D eigenvalue weighted by Crippen LogP contribution is -2.46. The smallest absolute Gasteiger partial charge is 0.223 e. The van der Waals surface area contributed by atoms with Crippen LogP contribution in [0.5, 0.6) is 0 Å². The van der Waals surface area contributed by atoms with Gasteiger partial charge in [-0.1, -0.05) is 34.1 Å². The van der Waals surface area contributed by atoms with Crippen LogP contribution < -0.4 is 5.32 Å². The minimum absolute atomic E-state index is 0.0635. The third-order valence-electron chi connectivity index (χ3n) is 3.65. The first kappa shape index (κ1) is 15.4. The van der Waals surface area contributed by atoms with E-state index in [0.29, 0.717) is 6.54 Å². The van der Waals surface area contributed by atoms with Crippen LogP contribution in [0, 0.1) is 11.8 Å². The summed E-state index contributed by atoms with van der Waals surface area (Å²) in [5.74, 6) is 0.329. The number of nitrogens with one attached hydrogen (secondary N) is 1. The molecule has 0 radical (unpaired) electrons. The zero-order chi connectivity index (χ0) is 12.8. The Balaban J connectivity index is 4.18. The minimum atomic E-state index is -0.809. The maximum atomic E-state index is 11.7. The second-order valence-electron chi connectivity index (χ2n) is 4.90. The van der Waals surface area contributed by atoms with Crippen molar-refractivity contribution < 1.29 is 9.90 Å². The van der Waals surface area contributed by atoms with Crippen LogP contribution in [0.25, 0.3) is 0 Å². The van der Waals surface area contributed by atoms with E-state index in [-0.39, 0.29) is 17.7 Å². The Hall–Kier alpha value is -0.570. The van der Waals surface area contributed by atoms with E-state index in [9.17, 15) is 9.90 Å². The van der Waals surface area contributed by atoms with E-state index in [0.717, 1.165) is 19.3 Å². The van der Waals surface area contributed by atoms with E-state index >= 15 is 0 Å². The van der Waals surface area contributed by atoms with Crippen LogP contribution in [0.3, 0.4) is 0 Å². The topological polar surface area (TPSA) is 49.3 Å². The molecule has 3 nitrogen and oxygen atoms in total. The second kappa shape index (κ2) is 6.89. The molecule has 16 heavy (non-hydrogen) atoms. The Kier molecular flexibility index (Phi) is 6.65. The average Bonchev–Trinajstić information content (AvgIpc) is 2.27. The fourth-order valence-electron chi connectivity index (χ4n) is 1.68. The molecule has 0 aromatic carbocycles. The van der Waals surface area contributed by atoms with Crippen LogP contribution in [0.4, 0.5) is 0 Å². The summed E-state index contributed by atoms with van der Waals surface area (Å²) in [4.78, 5) is 11.7. The van der Waals surface area contributed by atoms with Crippen LogP contribution in [0.15, 0.2) is 0 Å². The van der Waals surface area contributed by atoms with Crippen molar-refractivity contribution in [2.45, 2.75) is 59.5 Å². The number of amides is 1. The van der Waals surface area contributed by atoms with Gasteiger partial charge in [-0.3, -0.25) is 4.79 Å². The van der Waals surface area contributed by atoms with E-state index in [2.05, 4.69) is 5.32 Å². The van der Waals surface area contributed by atoms with Crippen molar-refractivity contribution in [3.8, 4) is 0 Å². The number of carbonyl (C=O) groups excluding carboxylic acids is 1. The molecule has 0 bridgehead atoms. The van der Waals surface area contributed by atoms with Gasteiger partial charge in [-0.05, 0) is 25.7 Å². The summed E-state index contributed by atoms with van der Waals surface area (Å²) in [5, 5.41) is 13.0. The summed E-state index contributed by atoms with van der Waals surface area (Å²) in [6.07, 6.45) is 2.62. The highest BCUT2D eigenvalue weighted by molar-refractivity contribution is 5.78. The van der Waals surface area contributed by atoms with Gasteiger partial charge in [-0.2, -0.15) is 0 Å². The number of hydrogen-bond acceptors (Lipinski definition) is 2. The maximum absolute atomic E-state index is 11.7. The molecule has 0 aliphatic carbocycles. The van der Waals surface area contributed by atoms with E-state index in [1.807, 2.05) is 27.7 Å². The number of rotatable bonds is 7. The summed E-state index contributed by atoms with van der Waals surface area (Å²) in [7, 11) is 0. The third-order valence-corrected chi connectivity index (χ3v) is 3.65. The number of carbonyl (C=O) groups is 1. The molecule has 0 aliphatic heterocycles. The minimum Gasteiger partial charge on any atom is -0.388 e. The van der Waals surface area contributed by atoms with Gasteiger partial charge in [-0.15, -0.1) is 0 Å². The molecule has 0 heterocycles. The lowest BCUT2D eigenvalue weighted by molar-refractivity contribution is -0.126. The fraction of sp³-hybridized carbons (Fsp3) is 0.923. The summed E-state index contributed by atoms with van der Waals surface area (Å²) >= 11 is 0. The number of aliphatic hydroxyl groups is 1. The first-order valence-electron chi connectivity index (χ1n) is 6.39. The maximum Gasteiger partial charge on any atom is 0.223 e. The largest absolute Gasteiger partial charge is 0.388 e. The molecule has 0 spiro atoms. The highest BCUT2D eigenvalue weighted by atomic mass is 16.3. The average molecular weight is 229 g/mol. The van der Waals surface area contributed by atoms with Crippen LogP contribution in [0.1, 0.15) is 53.9 Å². The normalized spacial score (nSPS) is 16.9. The van der Waals surface area contributed by atoms with Gasteiger partial charge in [0.25, 0.3) is 0 Å². The molecular formula is C13H27NO2. The predicted octanol–water partition coefficient (Wildman–Crippen LogP) is 2.34. The van der Waals surface area contributed by atoms with Gasteiger partial charge in [-0.25, -0.2) is 0 Å². The van der Waals surface area contributed by atoms with Gasteiger partial charge in [0.1, 0.15) is 0 Å². The highest BCUT2D eigenvalue weighted by Gasteiger charge is 2.28. The molecule has 0 aromatic heterocycles. The second-order valence-corrected chi connectivity index (χ2v) is 4.90. The molecule has 1 amide bonds. The fourth-order valence-corrected chi connectivity index (χ4v) is 1.68. The van der Waals surface area contributed by atoms with Crippen molar-refractivity contribution in [2.75, 3.05) is 6.54 Å². The lowest BCUT2D eigenvalue weighted by Gasteiger charge is -2.30. The van der Waals surface area contributed by atoms with Gasteiger partial charge in [0.15, 0.2) is 0 Å². The van der Waals surface area contributed by atoms with Gasteiger partial charge in [0, 0.05) is 12.5 Å². The Labute approximate surface area is 99.6 Å². The van der Waals surface area contributed by atoms with Crippen molar-refractivity contribution in [3.63, 3.8) is 0 Å². The molecular weight excluding hydrogens is 202 g/mol. The van der Waals surface area contributed by atoms with Crippen molar-refractivity contribution in [1.29, 1.82) is 0 Å². The Morgan fingerprint density at radius 2 is 1.75 bits per heavy atom. The van der Waals surface area contributed by atoms with Crippen molar-refractivity contribution in [2.24, 2.45) is 11.8 Å². The van der Waals surface area contributed by atoms with Crippen molar-refractivity contribution in [1.82, 2.24) is 5.32 Å². The first-order chi connectivity index (χ1) is 7.38. The highest BCUT2D eigenvalue weighted by Crippen LogP contribution is 2.19. The third kappa shape index (κ3) is 4.52. The molecule has 0 saturated carbocycles. The molecule has 3 heteroatoms. The number of hydrogen-bond donors (Lipinski definition) is 2. The quantitative estimate of drug-likeness (QED) is 0.704. The van der Waals surface area contributed by atoms with E-state index in [1.54, 1.807) is 6.92 Å². The zero-order valence-corrected chi connectivity index (χ0v) is 11.3. The Morgan fingerprint density at radius 1 is 1.25 bits per heavy atom. The van der Waals surface area contributed by atoms with Crippen molar-refractivity contribution in [3.05, 3.63) is 0 Å². The monoisotopic (exact) mass is 229 g/mol. The standard InChI is InChI=1S/C13H27NO2/c1-6-10(4)13(5,16)9-14-12(15)11(7-2)8-3/h10-11,16H,6-9H2,1-5H3,(H,14,15). The molecule has 0 fully saturated rings. The van der Waals surface area contributed by atoms with Crippen LogP contribution in [-0.2, 0) is 4.79 Å². The molecule has 2 N–H and O–H groups in total. The SMILES string of the molecule is CCC(CC)C(=O)NCC(C)(O)C(C)CC. The van der Waals surface area contributed by atoms with Crippen LogP contribution >= 0.6 is 0 Å². The van der Waals surface area contributed by atoms with E-state index in [1.165, 1.54) is 0 Å². The summed E-state index contributed by atoms with van der Waals surface area (Å²) in [5.41, 5.74) is -0.809. The lowest BCUT2D eigenvalue weighted by atomic mass is 9.88. The van der Waals surface area contributed by atoms with Crippen LogP contribution in [-0.4, -0.2) is 23.2 Å². The molecule has 2 unspecified atom stereocenters. The summed E-state index contributed by atoms with van der Waals surface area (Å²) in [6.45, 7) is 10.2. The van der Waals surface area contributed by atoms with E-state index < -0.39 is 5.60 Å².